The van der Waals surface area contributed by atoms with Gasteiger partial charge in [0.2, 0.25) is 17.7 Å². The summed E-state index contributed by atoms with van der Waals surface area (Å²) in [6, 6.07) is 58.3. The number of H-pyrrole nitrogens is 5. The van der Waals surface area contributed by atoms with Crippen molar-refractivity contribution in [2.24, 2.45) is 11.5 Å². The van der Waals surface area contributed by atoms with Gasteiger partial charge in [-0.05, 0) is 177 Å². The Morgan fingerprint density at radius 2 is 0.739 bits per heavy atom. The molecular formula is C97H111N25O12. The van der Waals surface area contributed by atoms with Gasteiger partial charge in [-0.3, -0.25) is 43.2 Å². The van der Waals surface area contributed by atoms with Gasteiger partial charge in [0.1, 0.15) is 47.2 Å². The lowest BCUT2D eigenvalue weighted by Gasteiger charge is -2.22. The third kappa shape index (κ3) is 26.7. The number of anilines is 3. The molecule has 696 valence electrons. The van der Waals surface area contributed by atoms with E-state index in [9.17, 15) is 43.2 Å². The zero-order chi connectivity index (χ0) is 94.5. The molecule has 3 atom stereocenters. The highest BCUT2D eigenvalue weighted by atomic mass is 16.5. The van der Waals surface area contributed by atoms with Crippen LogP contribution in [0, 0.1) is 34.0 Å². The van der Waals surface area contributed by atoms with E-state index in [2.05, 4.69) is 89.3 Å². The topological polar surface area (TPSA) is 538 Å². The summed E-state index contributed by atoms with van der Waals surface area (Å²) in [6.07, 6.45) is 4.04. The van der Waals surface area contributed by atoms with E-state index in [0.717, 1.165) is 116 Å². The number of carboxylic acids is 2. The highest BCUT2D eigenvalue weighted by Gasteiger charge is 2.34. The second kappa shape index (κ2) is 48.1. The van der Waals surface area contributed by atoms with Crippen LogP contribution in [0.4, 0.5) is 17.1 Å². The average molecular weight is 1820 g/mol. The molecule has 16 rings (SSSR count). The summed E-state index contributed by atoms with van der Waals surface area (Å²) < 4.78 is 4.72. The van der Waals surface area contributed by atoms with Gasteiger partial charge in [-0.15, -0.1) is 0 Å². The highest BCUT2D eigenvalue weighted by Crippen LogP contribution is 2.31. The summed E-state index contributed by atoms with van der Waals surface area (Å²) in [5, 5.41) is 57.1. The molecule has 5 aromatic heterocycles. The molecule has 0 saturated carbocycles. The number of nitrogens with one attached hydrogen (secondary N) is 9. The second-order valence-corrected chi connectivity index (χ2v) is 32.1. The number of hydrogen-bond donors (Lipinski definition) is 13. The molecule has 0 saturated heterocycles. The van der Waals surface area contributed by atoms with E-state index in [1.54, 1.807) is 90.4 Å². The normalized spacial score (nSPS) is 14.1. The van der Waals surface area contributed by atoms with Crippen LogP contribution in [0.1, 0.15) is 155 Å². The Kier molecular flexibility index (Phi) is 35.4. The highest BCUT2D eigenvalue weighted by molar-refractivity contribution is 5.99. The number of rotatable bonds is 31. The molecule has 3 aliphatic heterocycles. The number of nitriles is 3. The first-order chi connectivity index (χ1) is 64.4. The predicted octanol–water partition coefficient (Wildman–Crippen LogP) is 11.3. The number of aromatic amines is 5. The fourth-order valence-electron chi connectivity index (χ4n) is 15.5. The van der Waals surface area contributed by atoms with E-state index in [-0.39, 0.29) is 94.9 Å². The lowest BCUT2D eigenvalue weighted by molar-refractivity contribution is -0.143. The van der Waals surface area contributed by atoms with Crippen LogP contribution >= 0.6 is 0 Å². The van der Waals surface area contributed by atoms with Crippen molar-refractivity contribution in [1.82, 2.24) is 84.6 Å². The van der Waals surface area contributed by atoms with Gasteiger partial charge in [0.05, 0.1) is 132 Å². The molecule has 3 aliphatic rings. The number of methoxy groups -OCH3 is 1. The maximum Gasteiger partial charge on any atom is 0.308 e. The molecule has 0 aliphatic carbocycles. The molecule has 15 N–H and O–H groups in total. The number of amides is 6. The van der Waals surface area contributed by atoms with E-state index in [1.807, 2.05) is 121 Å². The van der Waals surface area contributed by atoms with Crippen molar-refractivity contribution in [3.63, 3.8) is 0 Å². The van der Waals surface area contributed by atoms with Gasteiger partial charge < -0.3 is 102 Å². The number of carboxylic acid groups (broad SMARTS) is 2. The van der Waals surface area contributed by atoms with Gasteiger partial charge in [-0.25, -0.2) is 24.9 Å². The number of carbonyl (C=O) groups is 9. The molecular weight excluding hydrogens is 1710 g/mol. The second-order valence-electron chi connectivity index (χ2n) is 32.1. The lowest BCUT2D eigenvalue weighted by atomic mass is 10.1. The number of nitrogens with two attached hydrogens (primary N) is 2. The van der Waals surface area contributed by atoms with E-state index in [0.29, 0.717) is 123 Å². The number of unbranched alkanes of at least 4 members (excludes halogenated alkanes) is 4. The number of imidazole rings is 5. The molecule has 0 fully saturated rings. The SMILES string of the molecule is C.CN1Cc2cc(C(=O)N(CCCC#N)Cc3nc4ccccc4[nH]3)ccc2N[C@@H](CC(=O)O)C1=O.CN1Cc2cc(C(=O)N(CCCCN)Cc3nc4ccccc4[nH]3)ccc2N[C@@H](CC(=O)O)C1=O.COC(=O)C[C@@H]1Nc2ccc(C(=O)N(CCCC#N)Cc3nc4ccccc4[nH]3)cc2CN(C)C1=O.N#CCCCNCc1nc2ccccc2[nH]1.NCc1nc2ccccc2[nH]1. The maximum absolute atomic E-state index is 13.6. The number of ether oxygens (including phenoxy) is 1. The molecule has 134 heavy (non-hydrogen) atoms. The zero-order valence-corrected chi connectivity index (χ0v) is 74.3. The van der Waals surface area contributed by atoms with E-state index in [4.69, 9.17) is 42.2 Å². The van der Waals surface area contributed by atoms with Gasteiger partial charge in [0.15, 0.2) is 0 Å². The molecule has 8 aromatic carbocycles. The van der Waals surface area contributed by atoms with E-state index in [1.165, 1.54) is 21.8 Å². The van der Waals surface area contributed by atoms with E-state index < -0.39 is 36.0 Å². The third-order valence-corrected chi connectivity index (χ3v) is 22.2. The minimum Gasteiger partial charge on any atom is -0.481 e. The summed E-state index contributed by atoms with van der Waals surface area (Å²) in [5.74, 6) is -0.229. The first kappa shape index (κ1) is 98.7. The fourth-order valence-corrected chi connectivity index (χ4v) is 15.5. The maximum atomic E-state index is 13.6. The fraction of sp³-hybridized carbons (Fsp3) is 0.330. The summed E-state index contributed by atoms with van der Waals surface area (Å²) in [4.78, 5) is 161. The van der Waals surface area contributed by atoms with Gasteiger partial charge in [0.25, 0.3) is 17.7 Å². The first-order valence-corrected chi connectivity index (χ1v) is 43.6. The quantitative estimate of drug-likeness (QED) is 0.0142. The standard InChI is InChI=1S/C26H28N6O4.C25H30N6O4.C25H26N6O4.C12H14N4.C8H9N3.CH4/c1-31-15-18-13-17(9-10-19(18)28-22(26(31)35)14-24(33)36-2)25(34)32(12-6-5-11-27)16-23-29-20-7-3-4-8-21(20)30-23;2*1-30-14-17-12-16(8-9-18(17)27-21(25(30)35)13-23(32)33)24(34)31(11-5-4-10-26)15-22-28-19-6-2-3-7-20(19)29-22;13-7-3-4-8-14-9-12-15-10-5-1-2-6-11(10)16-12;9-5-8-10-6-3-1-2-4-7(6)11-8;/h3-4,7-10,13,22,28H,5-6,12,14-16H2,1-2H3,(H,29,30);2-3,6-9,12,21,27H,4-5,10-11,13-15,26H2,1H3,(H,28,29)(H,32,33);2-3,6-9,12,21,27H,4-5,11,13-15H2,1H3,(H,28,29)(H,32,33);1-2,5-6,14H,3-4,8-9H2,(H,15,16);1-4H,5,9H2,(H,10,11);1H4/t22-;2*21-;;;/m000.../s1. The van der Waals surface area contributed by atoms with Crippen LogP contribution in [0.15, 0.2) is 176 Å². The van der Waals surface area contributed by atoms with Gasteiger partial charge in [0, 0.05) is 113 Å². The average Bonchev–Trinajstić information content (AvgIpc) is 1.63. The lowest BCUT2D eigenvalue weighted by Crippen LogP contribution is -2.39. The van der Waals surface area contributed by atoms with Crippen molar-refractivity contribution < 1.29 is 58.1 Å². The summed E-state index contributed by atoms with van der Waals surface area (Å²) >= 11 is 0. The molecule has 8 heterocycles. The number of aliphatic carboxylic acids is 2. The smallest absolute Gasteiger partial charge is 0.308 e. The van der Waals surface area contributed by atoms with Gasteiger partial charge in [-0.1, -0.05) is 68.1 Å². The van der Waals surface area contributed by atoms with Crippen molar-refractivity contribution in [2.45, 2.75) is 149 Å². The Balaban J connectivity index is 0.000000169. The number of fused-ring (bicyclic) bond motifs is 8. The van der Waals surface area contributed by atoms with Crippen molar-refractivity contribution in [3.8, 4) is 18.2 Å². The molecule has 37 heteroatoms. The summed E-state index contributed by atoms with van der Waals surface area (Å²) in [5.41, 5.74) is 25.9. The molecule has 0 spiro atoms. The Labute approximate surface area is 773 Å². The number of esters is 1. The van der Waals surface area contributed by atoms with E-state index >= 15 is 0 Å². The minimum absolute atomic E-state index is 0. The molecule has 13 aromatic rings. The van der Waals surface area contributed by atoms with Crippen LogP contribution < -0.4 is 32.7 Å². The zero-order valence-electron chi connectivity index (χ0n) is 74.3. The van der Waals surface area contributed by atoms with Crippen LogP contribution in [0.25, 0.3) is 55.2 Å². The van der Waals surface area contributed by atoms with Crippen molar-refractivity contribution >= 4 is 126 Å². The number of carbonyl (C=O) groups excluding carboxylic acids is 7. The third-order valence-electron chi connectivity index (χ3n) is 22.2. The van der Waals surface area contributed by atoms with Crippen LogP contribution in [0.5, 0.6) is 0 Å². The molecule has 37 nitrogen and oxygen atoms in total. The van der Waals surface area contributed by atoms with Gasteiger partial charge in [-0.2, -0.15) is 15.8 Å². The van der Waals surface area contributed by atoms with Crippen molar-refractivity contribution in [1.29, 1.82) is 15.8 Å². The monoisotopic (exact) mass is 1820 g/mol. The van der Waals surface area contributed by atoms with Crippen LogP contribution in [-0.4, -0.2) is 222 Å². The first-order valence-electron chi connectivity index (χ1n) is 43.6. The Hall–Kier alpha value is -15.9. The predicted molar refractivity (Wildman–Crippen MR) is 506 cm³/mol. The number of nitrogens with zero attached hydrogens (tertiary/aromatic N) is 14. The summed E-state index contributed by atoms with van der Waals surface area (Å²) in [6.45, 7) is 5.57. The minimum atomic E-state index is -1.07. The molecule has 6 amide bonds. The van der Waals surface area contributed by atoms with Crippen molar-refractivity contribution in [2.75, 3.05) is 76.9 Å². The number of aromatic nitrogens is 10. The van der Waals surface area contributed by atoms with Crippen molar-refractivity contribution in [3.05, 3.63) is 238 Å². The van der Waals surface area contributed by atoms with Crippen LogP contribution in [-0.2, 0) is 85.9 Å². The Bertz CT molecular complexity index is 6270. The largest absolute Gasteiger partial charge is 0.481 e. The Morgan fingerprint density at radius 1 is 0.433 bits per heavy atom. The molecule has 0 radical (unpaired) electrons. The van der Waals surface area contributed by atoms with Crippen LogP contribution in [0.2, 0.25) is 0 Å². The van der Waals surface area contributed by atoms with Crippen LogP contribution in [0.3, 0.4) is 0 Å². The number of para-hydroxylation sites is 10. The Morgan fingerprint density at radius 3 is 1.06 bits per heavy atom. The molecule has 0 bridgehead atoms. The number of hydrogen-bond acceptors (Lipinski definition) is 24. The summed E-state index contributed by atoms with van der Waals surface area (Å²) in [7, 11) is 6.18. The van der Waals surface area contributed by atoms with Gasteiger partial charge >= 0.3 is 17.9 Å². The molecule has 0 unspecified atom stereocenters. The number of benzene rings is 8. The number of likely N-dealkylation sites (N-methyl/N-ethyl adjacent to an activating group) is 3.